The Morgan fingerprint density at radius 3 is 2.56 bits per heavy atom. The first-order valence-corrected chi connectivity index (χ1v) is 7.81. The van der Waals surface area contributed by atoms with Crippen LogP contribution >= 0.6 is 11.6 Å². The molecule has 0 heterocycles. The largest absolute Gasteiger partial charge is 0.493 e. The van der Waals surface area contributed by atoms with Crippen LogP contribution in [-0.2, 0) is 11.2 Å². The summed E-state index contributed by atoms with van der Waals surface area (Å²) in [5, 5.41) is 11.8. The number of benzene rings is 2. The number of halogens is 1. The van der Waals surface area contributed by atoms with Gasteiger partial charge in [0.05, 0.1) is 31.7 Å². The van der Waals surface area contributed by atoms with Crippen LogP contribution in [0.15, 0.2) is 42.5 Å². The number of nitrogens with zero attached hydrogens (tertiary/aromatic N) is 1. The van der Waals surface area contributed by atoms with Gasteiger partial charge in [-0.25, -0.2) is 0 Å². The van der Waals surface area contributed by atoms with Crippen molar-refractivity contribution in [3.05, 3.63) is 58.6 Å². The summed E-state index contributed by atoms with van der Waals surface area (Å²) >= 11 is 6.14. The van der Waals surface area contributed by atoms with Gasteiger partial charge < -0.3 is 14.8 Å². The van der Waals surface area contributed by atoms with Gasteiger partial charge in [-0.2, -0.15) is 5.26 Å². The van der Waals surface area contributed by atoms with E-state index < -0.39 is 0 Å². The minimum Gasteiger partial charge on any atom is -0.493 e. The number of methoxy groups -OCH3 is 2. The lowest BCUT2D eigenvalue weighted by Crippen LogP contribution is -2.07. The Labute approximate surface area is 151 Å². The van der Waals surface area contributed by atoms with Gasteiger partial charge in [0.1, 0.15) is 0 Å². The highest BCUT2D eigenvalue weighted by Crippen LogP contribution is 2.36. The molecule has 1 N–H and O–H groups in total. The number of amides is 1. The summed E-state index contributed by atoms with van der Waals surface area (Å²) in [6, 6.07) is 12.6. The van der Waals surface area contributed by atoms with E-state index >= 15 is 0 Å². The molecular formula is C19H17ClN2O3. The molecule has 2 aromatic rings. The second-order valence-corrected chi connectivity index (χ2v) is 5.50. The first kappa shape index (κ1) is 18.4. The van der Waals surface area contributed by atoms with E-state index in [2.05, 4.69) is 11.4 Å². The first-order valence-electron chi connectivity index (χ1n) is 7.44. The maximum absolute atomic E-state index is 12.0. The fourth-order valence-electron chi connectivity index (χ4n) is 2.19. The van der Waals surface area contributed by atoms with Gasteiger partial charge in [-0.3, -0.25) is 4.79 Å². The van der Waals surface area contributed by atoms with Gasteiger partial charge in [0.2, 0.25) is 5.91 Å². The third kappa shape index (κ3) is 5.00. The zero-order valence-electron chi connectivity index (χ0n) is 13.9. The van der Waals surface area contributed by atoms with E-state index in [1.54, 1.807) is 42.5 Å². The Morgan fingerprint density at radius 1 is 1.24 bits per heavy atom. The van der Waals surface area contributed by atoms with E-state index in [1.165, 1.54) is 20.3 Å². The molecule has 25 heavy (non-hydrogen) atoms. The van der Waals surface area contributed by atoms with Crippen molar-refractivity contribution in [1.82, 2.24) is 0 Å². The molecule has 0 aliphatic rings. The molecule has 0 unspecified atom stereocenters. The highest BCUT2D eigenvalue weighted by Gasteiger charge is 2.09. The summed E-state index contributed by atoms with van der Waals surface area (Å²) in [5.41, 5.74) is 2.26. The van der Waals surface area contributed by atoms with E-state index in [0.29, 0.717) is 34.2 Å². The molecule has 0 saturated heterocycles. The van der Waals surface area contributed by atoms with E-state index in [9.17, 15) is 4.79 Å². The van der Waals surface area contributed by atoms with E-state index in [-0.39, 0.29) is 5.91 Å². The zero-order chi connectivity index (χ0) is 18.2. The van der Waals surface area contributed by atoms with Crippen LogP contribution in [0.25, 0.3) is 6.08 Å². The second-order valence-electron chi connectivity index (χ2n) is 5.09. The van der Waals surface area contributed by atoms with E-state index in [1.807, 2.05) is 0 Å². The maximum Gasteiger partial charge on any atom is 0.248 e. The van der Waals surface area contributed by atoms with Crippen molar-refractivity contribution in [2.45, 2.75) is 6.42 Å². The molecule has 0 spiro atoms. The van der Waals surface area contributed by atoms with Crippen molar-refractivity contribution in [1.29, 1.82) is 5.26 Å². The van der Waals surface area contributed by atoms with Crippen molar-refractivity contribution in [3.63, 3.8) is 0 Å². The molecule has 0 atom stereocenters. The van der Waals surface area contributed by atoms with Crippen LogP contribution in [0.5, 0.6) is 11.5 Å². The number of carbonyl (C=O) groups is 1. The fraction of sp³-hybridized carbons (Fsp3) is 0.158. The minimum atomic E-state index is -0.279. The van der Waals surface area contributed by atoms with Gasteiger partial charge >= 0.3 is 0 Å². The number of nitrogens with one attached hydrogen (secondary N) is 1. The lowest BCUT2D eigenvalue weighted by atomic mass is 10.1. The van der Waals surface area contributed by atoms with Crippen LogP contribution in [0.2, 0.25) is 5.02 Å². The standard InChI is InChI=1S/C19H17ClN2O3/c1-24-17-12-14(11-16(20)19(17)25-2)5-8-18(23)22-15-6-3-13(4-7-15)9-10-21/h3-8,11-12H,9H2,1-2H3,(H,22,23)/b8-5+. The Morgan fingerprint density at radius 2 is 1.96 bits per heavy atom. The molecule has 0 fully saturated rings. The predicted octanol–water partition coefficient (Wildman–Crippen LogP) is 4.08. The predicted molar refractivity (Wildman–Crippen MR) is 98.0 cm³/mol. The SMILES string of the molecule is COc1cc(/C=C/C(=O)Nc2ccc(CC#N)cc2)cc(Cl)c1OC. The number of carbonyl (C=O) groups excluding carboxylic acids is 1. The van der Waals surface area contributed by atoms with Crippen LogP contribution in [0, 0.1) is 11.3 Å². The molecule has 0 aliphatic carbocycles. The number of anilines is 1. The van der Waals surface area contributed by atoms with Crippen molar-refractivity contribution in [2.75, 3.05) is 19.5 Å². The number of rotatable bonds is 6. The third-order valence-electron chi connectivity index (χ3n) is 3.39. The fourth-order valence-corrected chi connectivity index (χ4v) is 2.48. The van der Waals surface area contributed by atoms with Crippen molar-refractivity contribution < 1.29 is 14.3 Å². The van der Waals surface area contributed by atoms with Crippen LogP contribution in [-0.4, -0.2) is 20.1 Å². The molecule has 0 bridgehead atoms. The van der Waals surface area contributed by atoms with Crippen LogP contribution in [0.1, 0.15) is 11.1 Å². The summed E-state index contributed by atoms with van der Waals surface area (Å²) < 4.78 is 10.4. The Kier molecular flexibility index (Phi) is 6.44. The molecule has 1 amide bonds. The molecule has 0 radical (unpaired) electrons. The Hall–Kier alpha value is -2.97. The summed E-state index contributed by atoms with van der Waals surface area (Å²) in [4.78, 5) is 12.0. The van der Waals surface area contributed by atoms with Gasteiger partial charge in [-0.05, 0) is 41.5 Å². The molecule has 128 valence electrons. The highest BCUT2D eigenvalue weighted by atomic mass is 35.5. The smallest absolute Gasteiger partial charge is 0.248 e. The summed E-state index contributed by atoms with van der Waals surface area (Å²) in [6.45, 7) is 0. The van der Waals surface area contributed by atoms with E-state index in [4.69, 9.17) is 26.3 Å². The molecule has 0 saturated carbocycles. The number of hydrogen-bond donors (Lipinski definition) is 1. The summed E-state index contributed by atoms with van der Waals surface area (Å²) in [5.74, 6) is 0.658. The molecule has 0 aromatic heterocycles. The first-order chi connectivity index (χ1) is 12.1. The zero-order valence-corrected chi connectivity index (χ0v) is 14.6. The minimum absolute atomic E-state index is 0.279. The van der Waals surface area contributed by atoms with Crippen molar-refractivity contribution in [3.8, 4) is 17.6 Å². The van der Waals surface area contributed by atoms with Crippen LogP contribution in [0.4, 0.5) is 5.69 Å². The normalized spacial score (nSPS) is 10.3. The quantitative estimate of drug-likeness (QED) is 0.792. The molecule has 5 nitrogen and oxygen atoms in total. The van der Waals surface area contributed by atoms with Crippen LogP contribution in [0.3, 0.4) is 0 Å². The van der Waals surface area contributed by atoms with E-state index in [0.717, 1.165) is 5.56 Å². The number of nitriles is 1. The molecule has 2 rings (SSSR count). The second kappa shape index (κ2) is 8.76. The third-order valence-corrected chi connectivity index (χ3v) is 3.67. The molecule has 2 aromatic carbocycles. The van der Waals surface area contributed by atoms with Gasteiger partial charge in [0.15, 0.2) is 11.5 Å². The summed E-state index contributed by atoms with van der Waals surface area (Å²) in [7, 11) is 3.03. The Bertz CT molecular complexity index is 824. The van der Waals surface area contributed by atoms with Gasteiger partial charge in [-0.1, -0.05) is 23.7 Å². The number of hydrogen-bond acceptors (Lipinski definition) is 4. The lowest BCUT2D eigenvalue weighted by Gasteiger charge is -2.10. The number of ether oxygens (including phenoxy) is 2. The average molecular weight is 357 g/mol. The van der Waals surface area contributed by atoms with Gasteiger partial charge in [0, 0.05) is 11.8 Å². The van der Waals surface area contributed by atoms with Crippen molar-refractivity contribution >= 4 is 29.3 Å². The Balaban J connectivity index is 2.07. The summed E-state index contributed by atoms with van der Waals surface area (Å²) in [6.07, 6.45) is 3.38. The maximum atomic E-state index is 12.0. The topological polar surface area (TPSA) is 71.3 Å². The van der Waals surface area contributed by atoms with Gasteiger partial charge in [-0.15, -0.1) is 0 Å². The molecule has 0 aliphatic heterocycles. The average Bonchev–Trinajstić information content (AvgIpc) is 2.61. The van der Waals surface area contributed by atoms with Crippen LogP contribution < -0.4 is 14.8 Å². The lowest BCUT2D eigenvalue weighted by molar-refractivity contribution is -0.111. The molecular weight excluding hydrogens is 340 g/mol. The monoisotopic (exact) mass is 356 g/mol. The molecule has 6 heteroatoms. The van der Waals surface area contributed by atoms with Gasteiger partial charge in [0.25, 0.3) is 0 Å². The van der Waals surface area contributed by atoms with Crippen molar-refractivity contribution in [2.24, 2.45) is 0 Å². The highest BCUT2D eigenvalue weighted by molar-refractivity contribution is 6.32.